The molecule has 25 heavy (non-hydrogen) atoms. The van der Waals surface area contributed by atoms with Crippen LogP contribution in [0.15, 0.2) is 30.5 Å². The summed E-state index contributed by atoms with van der Waals surface area (Å²) in [6.07, 6.45) is 2.37. The molecule has 5 heteroatoms. The molecule has 136 valence electrons. The predicted octanol–water partition coefficient (Wildman–Crippen LogP) is 3.12. The van der Waals surface area contributed by atoms with E-state index in [0.29, 0.717) is 18.8 Å². The highest BCUT2D eigenvalue weighted by molar-refractivity contribution is 5.76. The van der Waals surface area contributed by atoms with Crippen molar-refractivity contribution in [3.63, 3.8) is 0 Å². The standard InChI is InChI=1S/C20H29N3O2/c1-5-23-13-18(15(4)22-23)10-11-20(25)21-12-19(24)17-8-6-16(7-9-17)14(2)3/h6-9,13-14,19,24H,5,10-12H2,1-4H3,(H,21,25). The van der Waals surface area contributed by atoms with Crippen molar-refractivity contribution in [2.45, 2.75) is 59.1 Å². The van der Waals surface area contributed by atoms with Gasteiger partial charge in [-0.15, -0.1) is 0 Å². The summed E-state index contributed by atoms with van der Waals surface area (Å²) in [5.74, 6) is 0.410. The molecule has 0 fully saturated rings. The molecule has 1 atom stereocenters. The molecule has 0 aliphatic heterocycles. The maximum Gasteiger partial charge on any atom is 0.220 e. The van der Waals surface area contributed by atoms with Gasteiger partial charge in [0, 0.05) is 25.7 Å². The molecule has 5 nitrogen and oxygen atoms in total. The highest BCUT2D eigenvalue weighted by atomic mass is 16.3. The molecule has 2 aromatic rings. The summed E-state index contributed by atoms with van der Waals surface area (Å²) in [6.45, 7) is 9.33. The van der Waals surface area contributed by atoms with Gasteiger partial charge in [-0.3, -0.25) is 9.48 Å². The van der Waals surface area contributed by atoms with Crippen molar-refractivity contribution in [3.8, 4) is 0 Å². The topological polar surface area (TPSA) is 67.2 Å². The number of nitrogens with zero attached hydrogens (tertiary/aromatic N) is 2. The van der Waals surface area contributed by atoms with Crippen LogP contribution in [0.25, 0.3) is 0 Å². The first-order chi connectivity index (χ1) is 11.9. The Morgan fingerprint density at radius 2 is 1.88 bits per heavy atom. The summed E-state index contributed by atoms with van der Waals surface area (Å²) in [4.78, 5) is 12.0. The third-order valence-electron chi connectivity index (χ3n) is 4.47. The van der Waals surface area contributed by atoms with Crippen molar-refractivity contribution in [1.82, 2.24) is 15.1 Å². The van der Waals surface area contributed by atoms with Crippen molar-refractivity contribution >= 4 is 5.91 Å². The molecule has 1 aromatic carbocycles. The molecule has 1 aromatic heterocycles. The van der Waals surface area contributed by atoms with Gasteiger partial charge in [-0.1, -0.05) is 38.1 Å². The van der Waals surface area contributed by atoms with Gasteiger partial charge in [-0.05, 0) is 42.9 Å². The number of aliphatic hydroxyl groups excluding tert-OH is 1. The lowest BCUT2D eigenvalue weighted by Crippen LogP contribution is -2.28. The molecule has 0 radical (unpaired) electrons. The summed E-state index contributed by atoms with van der Waals surface area (Å²) in [7, 11) is 0. The second kappa shape index (κ2) is 8.81. The van der Waals surface area contributed by atoms with Crippen molar-refractivity contribution in [2.75, 3.05) is 6.54 Å². The fourth-order valence-electron chi connectivity index (χ4n) is 2.73. The van der Waals surface area contributed by atoms with Crippen molar-refractivity contribution in [2.24, 2.45) is 0 Å². The Morgan fingerprint density at radius 3 is 2.44 bits per heavy atom. The molecule has 2 N–H and O–H groups in total. The first-order valence-corrected chi connectivity index (χ1v) is 8.98. The molecular formula is C20H29N3O2. The summed E-state index contributed by atoms with van der Waals surface area (Å²) in [6, 6.07) is 7.90. The van der Waals surface area contributed by atoms with E-state index in [9.17, 15) is 9.90 Å². The van der Waals surface area contributed by atoms with Gasteiger partial charge in [0.15, 0.2) is 0 Å². The summed E-state index contributed by atoms with van der Waals surface area (Å²) in [5, 5.41) is 17.4. The zero-order valence-electron chi connectivity index (χ0n) is 15.6. The zero-order chi connectivity index (χ0) is 18.4. The number of aryl methyl sites for hydroxylation is 3. The largest absolute Gasteiger partial charge is 0.387 e. The third-order valence-corrected chi connectivity index (χ3v) is 4.47. The van der Waals surface area contributed by atoms with E-state index in [1.807, 2.05) is 49.0 Å². The van der Waals surface area contributed by atoms with Crippen LogP contribution in [-0.4, -0.2) is 27.3 Å². The second-order valence-corrected chi connectivity index (χ2v) is 6.74. The number of hydrogen-bond donors (Lipinski definition) is 2. The van der Waals surface area contributed by atoms with E-state index in [2.05, 4.69) is 24.3 Å². The Hall–Kier alpha value is -2.14. The Labute approximate surface area is 150 Å². The first kappa shape index (κ1) is 19.2. The third kappa shape index (κ3) is 5.43. The minimum Gasteiger partial charge on any atom is -0.387 e. The van der Waals surface area contributed by atoms with Crippen molar-refractivity contribution in [1.29, 1.82) is 0 Å². The van der Waals surface area contributed by atoms with E-state index < -0.39 is 6.10 Å². The molecule has 0 spiro atoms. The van der Waals surface area contributed by atoms with E-state index in [-0.39, 0.29) is 12.5 Å². The van der Waals surface area contributed by atoms with Gasteiger partial charge in [0.25, 0.3) is 0 Å². The number of rotatable bonds is 8. The van der Waals surface area contributed by atoms with Gasteiger partial charge < -0.3 is 10.4 Å². The van der Waals surface area contributed by atoms with E-state index in [1.165, 1.54) is 5.56 Å². The fraction of sp³-hybridized carbons (Fsp3) is 0.500. The van der Waals surface area contributed by atoms with Crippen LogP contribution >= 0.6 is 0 Å². The SMILES string of the molecule is CCn1cc(CCC(=O)NCC(O)c2ccc(C(C)C)cc2)c(C)n1. The number of carbonyl (C=O) groups is 1. The van der Waals surface area contributed by atoms with E-state index in [1.54, 1.807) is 0 Å². The number of nitrogens with one attached hydrogen (secondary N) is 1. The quantitative estimate of drug-likeness (QED) is 0.774. The van der Waals surface area contributed by atoms with Crippen LogP contribution in [0.1, 0.15) is 61.6 Å². The predicted molar refractivity (Wildman–Crippen MR) is 99.5 cm³/mol. The van der Waals surface area contributed by atoms with Gasteiger partial charge in [-0.25, -0.2) is 0 Å². The van der Waals surface area contributed by atoms with Crippen LogP contribution < -0.4 is 5.32 Å². The average Bonchev–Trinajstić information content (AvgIpc) is 2.98. The lowest BCUT2D eigenvalue weighted by molar-refractivity contribution is -0.121. The Bertz CT molecular complexity index is 689. The fourth-order valence-corrected chi connectivity index (χ4v) is 2.73. The molecule has 2 rings (SSSR count). The monoisotopic (exact) mass is 343 g/mol. The zero-order valence-corrected chi connectivity index (χ0v) is 15.6. The number of aromatic nitrogens is 2. The number of aliphatic hydroxyl groups is 1. The van der Waals surface area contributed by atoms with Crippen LogP contribution in [0.5, 0.6) is 0 Å². The van der Waals surface area contributed by atoms with Gasteiger partial charge in [0.1, 0.15) is 0 Å². The van der Waals surface area contributed by atoms with Crippen molar-refractivity contribution < 1.29 is 9.90 Å². The molecule has 0 aliphatic rings. The number of amides is 1. The van der Waals surface area contributed by atoms with Crippen LogP contribution in [0.4, 0.5) is 0 Å². The average molecular weight is 343 g/mol. The molecule has 1 heterocycles. The minimum atomic E-state index is -0.685. The molecule has 0 aliphatic carbocycles. The van der Waals surface area contributed by atoms with Gasteiger partial charge in [0.05, 0.1) is 11.8 Å². The minimum absolute atomic E-state index is 0.0542. The molecule has 1 unspecified atom stereocenters. The maximum absolute atomic E-state index is 12.0. The van der Waals surface area contributed by atoms with E-state index in [0.717, 1.165) is 23.4 Å². The lowest BCUT2D eigenvalue weighted by Gasteiger charge is -2.13. The highest BCUT2D eigenvalue weighted by Crippen LogP contribution is 2.18. The number of hydrogen-bond acceptors (Lipinski definition) is 3. The van der Waals surface area contributed by atoms with E-state index in [4.69, 9.17) is 0 Å². The first-order valence-electron chi connectivity index (χ1n) is 8.98. The molecule has 0 saturated carbocycles. The molecule has 0 saturated heterocycles. The summed E-state index contributed by atoms with van der Waals surface area (Å²) in [5.41, 5.74) is 4.13. The normalized spacial score (nSPS) is 12.4. The molecule has 1 amide bonds. The second-order valence-electron chi connectivity index (χ2n) is 6.74. The van der Waals surface area contributed by atoms with E-state index >= 15 is 0 Å². The highest BCUT2D eigenvalue weighted by Gasteiger charge is 2.11. The van der Waals surface area contributed by atoms with Gasteiger partial charge in [-0.2, -0.15) is 5.10 Å². The Balaban J connectivity index is 1.79. The van der Waals surface area contributed by atoms with Crippen molar-refractivity contribution in [3.05, 3.63) is 52.8 Å². The number of carbonyl (C=O) groups excluding carboxylic acids is 1. The smallest absolute Gasteiger partial charge is 0.220 e. The molecular weight excluding hydrogens is 314 g/mol. The summed E-state index contributed by atoms with van der Waals surface area (Å²) < 4.78 is 1.88. The Morgan fingerprint density at radius 1 is 1.24 bits per heavy atom. The maximum atomic E-state index is 12.0. The van der Waals surface area contributed by atoms with Crippen LogP contribution in [0.3, 0.4) is 0 Å². The number of benzene rings is 1. The van der Waals surface area contributed by atoms with Crippen LogP contribution in [0, 0.1) is 6.92 Å². The lowest BCUT2D eigenvalue weighted by atomic mass is 10.00. The van der Waals surface area contributed by atoms with Crippen LogP contribution in [-0.2, 0) is 17.8 Å². The van der Waals surface area contributed by atoms with Gasteiger partial charge in [0.2, 0.25) is 5.91 Å². The van der Waals surface area contributed by atoms with Gasteiger partial charge >= 0.3 is 0 Å². The van der Waals surface area contributed by atoms with Crippen LogP contribution in [0.2, 0.25) is 0 Å². The summed E-state index contributed by atoms with van der Waals surface area (Å²) >= 11 is 0. The Kier molecular flexibility index (Phi) is 6.76. The molecule has 0 bridgehead atoms.